The minimum Gasteiger partial charge on any atom is -0.361 e. The summed E-state index contributed by atoms with van der Waals surface area (Å²) in [6.07, 6.45) is 1.22. The third-order valence-electron chi connectivity index (χ3n) is 2.79. The Morgan fingerprint density at radius 2 is 1.94 bits per heavy atom. The minimum absolute atomic E-state index is 0.00303. The van der Waals surface area contributed by atoms with Crippen LogP contribution in [0.25, 0.3) is 0 Å². The normalized spacial score (nSPS) is 12.9. The van der Waals surface area contributed by atoms with Gasteiger partial charge in [-0.05, 0) is 12.3 Å². The molecule has 1 unspecified atom stereocenters. The Bertz CT molecular complexity index is 442. The van der Waals surface area contributed by atoms with Crippen LogP contribution in [0.5, 0.6) is 0 Å². The first-order valence-electron chi connectivity index (χ1n) is 5.50. The highest BCUT2D eigenvalue weighted by atomic mass is 16.6. The van der Waals surface area contributed by atoms with Gasteiger partial charge in [-0.1, -0.05) is 20.8 Å². The zero-order chi connectivity index (χ0) is 13.9. The van der Waals surface area contributed by atoms with Gasteiger partial charge in [0.1, 0.15) is 6.33 Å². The van der Waals surface area contributed by atoms with Gasteiger partial charge in [0.05, 0.1) is 4.92 Å². The van der Waals surface area contributed by atoms with Crippen molar-refractivity contribution in [1.82, 2.24) is 9.97 Å². The molecular weight excluding hydrogens is 236 g/mol. The van der Waals surface area contributed by atoms with Crippen LogP contribution in [-0.4, -0.2) is 20.9 Å². The van der Waals surface area contributed by atoms with E-state index >= 15 is 0 Å². The van der Waals surface area contributed by atoms with Crippen molar-refractivity contribution in [2.75, 3.05) is 10.7 Å². The van der Waals surface area contributed by atoms with Crippen LogP contribution in [-0.2, 0) is 0 Å². The number of nitro groups is 1. The fraction of sp³-hybridized carbons (Fsp3) is 0.600. The molecule has 1 aromatic rings. The highest BCUT2D eigenvalue weighted by Gasteiger charge is 2.27. The molecule has 0 radical (unpaired) electrons. The number of nitrogens with one attached hydrogen (secondary N) is 2. The molecule has 100 valence electrons. The molecule has 0 bridgehead atoms. The summed E-state index contributed by atoms with van der Waals surface area (Å²) in [7, 11) is 0. The third kappa shape index (κ3) is 3.04. The molecule has 0 aliphatic carbocycles. The molecule has 0 aliphatic rings. The highest BCUT2D eigenvalue weighted by Crippen LogP contribution is 2.31. The van der Waals surface area contributed by atoms with Crippen LogP contribution in [0.3, 0.4) is 0 Å². The monoisotopic (exact) mass is 254 g/mol. The van der Waals surface area contributed by atoms with Crippen LogP contribution < -0.4 is 16.6 Å². The van der Waals surface area contributed by atoms with Crippen molar-refractivity contribution in [3.8, 4) is 0 Å². The quantitative estimate of drug-likeness (QED) is 0.423. The lowest BCUT2D eigenvalue weighted by molar-refractivity contribution is -0.383. The number of aromatic nitrogens is 2. The molecule has 0 saturated heterocycles. The summed E-state index contributed by atoms with van der Waals surface area (Å²) in [5.41, 5.74) is 1.88. The molecule has 0 fully saturated rings. The van der Waals surface area contributed by atoms with E-state index in [1.807, 2.05) is 27.7 Å². The first kappa shape index (κ1) is 14.1. The largest absolute Gasteiger partial charge is 0.361 e. The van der Waals surface area contributed by atoms with Crippen molar-refractivity contribution in [3.05, 3.63) is 16.4 Å². The standard InChI is InChI=1S/C10H18N6O2/c1-6(10(2,3)4)14-8-7(16(17)18)9(15-11)13-5-12-8/h5-6H,11H2,1-4H3,(H2,12,13,14,15). The first-order chi connectivity index (χ1) is 8.27. The Morgan fingerprint density at radius 1 is 1.39 bits per heavy atom. The zero-order valence-electron chi connectivity index (χ0n) is 10.9. The SMILES string of the molecule is CC(Nc1ncnc(NN)c1[N+](=O)[O-])C(C)(C)C. The van der Waals surface area contributed by atoms with E-state index in [2.05, 4.69) is 20.7 Å². The summed E-state index contributed by atoms with van der Waals surface area (Å²) >= 11 is 0. The molecular formula is C10H18N6O2. The maximum Gasteiger partial charge on any atom is 0.354 e. The predicted molar refractivity (Wildman–Crippen MR) is 69.0 cm³/mol. The van der Waals surface area contributed by atoms with E-state index in [-0.39, 0.29) is 28.8 Å². The summed E-state index contributed by atoms with van der Waals surface area (Å²) < 4.78 is 0. The number of nitrogens with two attached hydrogens (primary N) is 1. The maximum absolute atomic E-state index is 11.0. The molecule has 1 atom stereocenters. The third-order valence-corrected chi connectivity index (χ3v) is 2.79. The van der Waals surface area contributed by atoms with Gasteiger partial charge in [0.15, 0.2) is 0 Å². The van der Waals surface area contributed by atoms with Gasteiger partial charge in [0.2, 0.25) is 11.6 Å². The van der Waals surface area contributed by atoms with Gasteiger partial charge in [-0.15, -0.1) is 0 Å². The van der Waals surface area contributed by atoms with Gasteiger partial charge in [-0.3, -0.25) is 10.1 Å². The molecule has 0 aliphatic heterocycles. The maximum atomic E-state index is 11.0. The number of hydrogen-bond acceptors (Lipinski definition) is 7. The molecule has 0 amide bonds. The Labute approximate surface area is 105 Å². The molecule has 18 heavy (non-hydrogen) atoms. The number of anilines is 2. The van der Waals surface area contributed by atoms with Crippen LogP contribution in [0.2, 0.25) is 0 Å². The van der Waals surface area contributed by atoms with E-state index < -0.39 is 4.92 Å². The summed E-state index contributed by atoms with van der Waals surface area (Å²) in [4.78, 5) is 18.1. The van der Waals surface area contributed by atoms with E-state index in [4.69, 9.17) is 5.84 Å². The van der Waals surface area contributed by atoms with Crippen molar-refractivity contribution in [1.29, 1.82) is 0 Å². The Morgan fingerprint density at radius 3 is 2.39 bits per heavy atom. The lowest BCUT2D eigenvalue weighted by Gasteiger charge is -2.28. The Balaban J connectivity index is 3.13. The second-order valence-corrected chi connectivity index (χ2v) is 5.05. The number of nitrogens with zero attached hydrogens (tertiary/aromatic N) is 3. The van der Waals surface area contributed by atoms with Crippen LogP contribution >= 0.6 is 0 Å². The Hall–Kier alpha value is -1.96. The molecule has 8 heteroatoms. The molecule has 1 aromatic heterocycles. The van der Waals surface area contributed by atoms with Crippen LogP contribution in [0.15, 0.2) is 6.33 Å². The second kappa shape index (κ2) is 5.13. The first-order valence-corrected chi connectivity index (χ1v) is 5.50. The molecule has 0 aromatic carbocycles. The summed E-state index contributed by atoms with van der Waals surface area (Å²) in [6.45, 7) is 8.01. The number of rotatable bonds is 4. The number of hydrazine groups is 1. The smallest absolute Gasteiger partial charge is 0.354 e. The predicted octanol–water partition coefficient (Wildman–Crippen LogP) is 1.52. The van der Waals surface area contributed by atoms with Crippen molar-refractivity contribution in [3.63, 3.8) is 0 Å². The van der Waals surface area contributed by atoms with E-state index in [0.29, 0.717) is 0 Å². The van der Waals surface area contributed by atoms with Crippen LogP contribution in [0.1, 0.15) is 27.7 Å². The van der Waals surface area contributed by atoms with Gasteiger partial charge >= 0.3 is 5.69 Å². The summed E-state index contributed by atoms with van der Waals surface area (Å²) in [5, 5.41) is 14.0. The molecule has 1 rings (SSSR count). The average Bonchev–Trinajstić information content (AvgIpc) is 2.26. The zero-order valence-corrected chi connectivity index (χ0v) is 10.9. The number of hydrogen-bond donors (Lipinski definition) is 3. The van der Waals surface area contributed by atoms with Crippen LogP contribution in [0, 0.1) is 15.5 Å². The van der Waals surface area contributed by atoms with Gasteiger partial charge in [0.25, 0.3) is 0 Å². The van der Waals surface area contributed by atoms with E-state index in [1.54, 1.807) is 0 Å². The fourth-order valence-electron chi connectivity index (χ4n) is 1.18. The van der Waals surface area contributed by atoms with Gasteiger partial charge < -0.3 is 10.7 Å². The van der Waals surface area contributed by atoms with Crippen LogP contribution in [0.4, 0.5) is 17.3 Å². The topological polar surface area (TPSA) is 119 Å². The second-order valence-electron chi connectivity index (χ2n) is 5.05. The molecule has 0 saturated carbocycles. The fourth-order valence-corrected chi connectivity index (χ4v) is 1.18. The Kier molecular flexibility index (Phi) is 4.02. The molecule has 1 heterocycles. The molecule has 0 spiro atoms. The highest BCUT2D eigenvalue weighted by molar-refractivity contribution is 5.69. The summed E-state index contributed by atoms with van der Waals surface area (Å²) in [6, 6.07) is -0.00303. The van der Waals surface area contributed by atoms with E-state index in [0.717, 1.165) is 0 Å². The van der Waals surface area contributed by atoms with Gasteiger partial charge in [-0.2, -0.15) is 0 Å². The van der Waals surface area contributed by atoms with E-state index in [9.17, 15) is 10.1 Å². The molecule has 8 nitrogen and oxygen atoms in total. The van der Waals surface area contributed by atoms with Gasteiger partial charge in [0, 0.05) is 6.04 Å². The number of nitrogen functional groups attached to an aromatic ring is 1. The molecule has 4 N–H and O–H groups in total. The van der Waals surface area contributed by atoms with Crippen molar-refractivity contribution in [2.45, 2.75) is 33.7 Å². The van der Waals surface area contributed by atoms with E-state index in [1.165, 1.54) is 6.33 Å². The van der Waals surface area contributed by atoms with Crippen molar-refractivity contribution >= 4 is 17.3 Å². The lowest BCUT2D eigenvalue weighted by atomic mass is 9.88. The average molecular weight is 254 g/mol. The van der Waals surface area contributed by atoms with Crippen molar-refractivity contribution < 1.29 is 4.92 Å². The summed E-state index contributed by atoms with van der Waals surface area (Å²) in [5.74, 6) is 5.34. The van der Waals surface area contributed by atoms with Gasteiger partial charge in [-0.25, -0.2) is 15.8 Å². The lowest BCUT2D eigenvalue weighted by Crippen LogP contribution is -2.31. The van der Waals surface area contributed by atoms with Crippen molar-refractivity contribution in [2.24, 2.45) is 11.3 Å². The minimum atomic E-state index is -0.563.